The number of benzene rings is 1. The number of unbranched alkanes of at least 4 members (excludes halogenated alkanes) is 1. The molecular weight excluding hydrogens is 452 g/mol. The number of aliphatic hydroxyl groups excluding tert-OH is 2. The third-order valence-electron chi connectivity index (χ3n) is 7.12. The van der Waals surface area contributed by atoms with Gasteiger partial charge in [-0.25, -0.2) is 0 Å². The van der Waals surface area contributed by atoms with E-state index in [-0.39, 0.29) is 41.7 Å². The van der Waals surface area contributed by atoms with Gasteiger partial charge in [-0.05, 0) is 36.8 Å². The molecule has 0 saturated carbocycles. The number of allylic oxidation sites excluding steroid dienone is 2. The number of carbonyl (C=O) groups excluding carboxylic acids is 3. The number of aromatic hydroxyl groups is 1. The van der Waals surface area contributed by atoms with E-state index in [0.717, 1.165) is 6.42 Å². The van der Waals surface area contributed by atoms with Gasteiger partial charge in [0, 0.05) is 44.1 Å². The molecule has 184 valence electrons. The first-order chi connectivity index (χ1) is 16.4. The molecule has 3 aliphatic carbocycles. The van der Waals surface area contributed by atoms with E-state index in [1.165, 1.54) is 0 Å². The van der Waals surface area contributed by atoms with E-state index >= 15 is 0 Å². The van der Waals surface area contributed by atoms with Crippen LogP contribution < -0.4 is 10.6 Å². The number of hydrogen-bond acceptors (Lipinski definition) is 8. The molecule has 1 aromatic carbocycles. The molecular formula is C26H28N2O7. The lowest BCUT2D eigenvalue weighted by Crippen LogP contribution is -2.57. The minimum atomic E-state index is -2.58. The first kappa shape index (κ1) is 24.4. The molecule has 0 aliphatic heterocycles. The first-order valence-corrected chi connectivity index (χ1v) is 11.5. The number of amides is 1. The van der Waals surface area contributed by atoms with E-state index in [4.69, 9.17) is 5.73 Å². The number of phenolic OH excluding ortho intramolecular Hbond substituents is 1. The van der Waals surface area contributed by atoms with E-state index < -0.39 is 52.0 Å². The molecule has 1 amide bonds. The van der Waals surface area contributed by atoms with E-state index in [1.807, 2.05) is 11.8 Å². The highest BCUT2D eigenvalue weighted by molar-refractivity contribution is 6.24. The van der Waals surface area contributed by atoms with Crippen LogP contribution in [0.2, 0.25) is 0 Å². The van der Waals surface area contributed by atoms with Crippen LogP contribution in [0.15, 0.2) is 28.7 Å². The van der Waals surface area contributed by atoms with Gasteiger partial charge in [-0.15, -0.1) is 0 Å². The zero-order valence-corrected chi connectivity index (χ0v) is 19.8. The normalized spacial score (nSPS) is 25.4. The van der Waals surface area contributed by atoms with Crippen molar-refractivity contribution in [1.29, 1.82) is 0 Å². The Bertz CT molecular complexity index is 1290. The summed E-state index contributed by atoms with van der Waals surface area (Å²) in [6.07, 6.45) is 1.51. The van der Waals surface area contributed by atoms with Crippen molar-refractivity contribution >= 4 is 23.2 Å². The number of anilines is 1. The van der Waals surface area contributed by atoms with Crippen LogP contribution in [0.3, 0.4) is 0 Å². The lowest BCUT2D eigenvalue weighted by atomic mass is 9.60. The Morgan fingerprint density at radius 2 is 1.91 bits per heavy atom. The van der Waals surface area contributed by atoms with Crippen LogP contribution in [0, 0.1) is 23.7 Å². The second-order valence-corrected chi connectivity index (χ2v) is 9.50. The highest BCUT2D eigenvalue weighted by atomic mass is 16.3. The lowest BCUT2D eigenvalue weighted by Gasteiger charge is -2.45. The topological polar surface area (TPSA) is 161 Å². The van der Waals surface area contributed by atoms with Crippen molar-refractivity contribution in [2.75, 3.05) is 19.0 Å². The highest BCUT2D eigenvalue weighted by Gasteiger charge is 2.59. The zero-order chi connectivity index (χ0) is 25.8. The molecule has 1 aromatic rings. The number of primary amides is 1. The summed E-state index contributed by atoms with van der Waals surface area (Å²) in [7, 11) is 3.60. The molecule has 0 saturated heterocycles. The molecule has 0 unspecified atom stereocenters. The smallest absolute Gasteiger partial charge is 0.255 e. The molecule has 35 heavy (non-hydrogen) atoms. The molecule has 4 rings (SSSR count). The van der Waals surface area contributed by atoms with E-state index in [2.05, 4.69) is 11.8 Å². The number of hydrogen-bond donors (Lipinski definition) is 5. The maximum absolute atomic E-state index is 13.7. The molecule has 3 aliphatic rings. The SMILES string of the molecule is CCCC#Cc1cc(N(C)C)c2c(c1O)C(=O)C1=C(O)[C@]3(O)C(=O)C(C(N)=O)=C(O)C[C@@H]3C[C@@H]1C2. The molecule has 9 heteroatoms. The summed E-state index contributed by atoms with van der Waals surface area (Å²) < 4.78 is 0. The summed E-state index contributed by atoms with van der Waals surface area (Å²) in [6.45, 7) is 1.97. The quantitative estimate of drug-likeness (QED) is 0.323. The molecule has 0 radical (unpaired) electrons. The van der Waals surface area contributed by atoms with Gasteiger partial charge in [0.2, 0.25) is 5.78 Å². The summed E-state index contributed by atoms with van der Waals surface area (Å²) in [6, 6.07) is 1.72. The molecule has 3 atom stereocenters. The Morgan fingerprint density at radius 1 is 1.23 bits per heavy atom. The van der Waals surface area contributed by atoms with E-state index in [9.17, 15) is 34.8 Å². The number of nitrogens with two attached hydrogens (primary N) is 1. The van der Waals surface area contributed by atoms with Crippen LogP contribution in [-0.4, -0.2) is 57.6 Å². The van der Waals surface area contributed by atoms with Crippen LogP contribution in [0.5, 0.6) is 5.75 Å². The van der Waals surface area contributed by atoms with Gasteiger partial charge in [0.05, 0.1) is 11.1 Å². The number of nitrogens with zero attached hydrogens (tertiary/aromatic N) is 1. The first-order valence-electron chi connectivity index (χ1n) is 11.5. The second-order valence-electron chi connectivity index (χ2n) is 9.50. The van der Waals surface area contributed by atoms with Gasteiger partial charge in [-0.3, -0.25) is 14.4 Å². The molecule has 6 N–H and O–H groups in total. The zero-order valence-electron chi connectivity index (χ0n) is 19.8. The average molecular weight is 481 g/mol. The maximum Gasteiger partial charge on any atom is 0.255 e. The average Bonchev–Trinajstić information content (AvgIpc) is 2.77. The third kappa shape index (κ3) is 3.48. The summed E-state index contributed by atoms with van der Waals surface area (Å²) in [5, 5.41) is 43.7. The van der Waals surface area contributed by atoms with E-state index in [0.29, 0.717) is 17.7 Å². The minimum absolute atomic E-state index is 0.0337. The molecule has 9 nitrogen and oxygen atoms in total. The van der Waals surface area contributed by atoms with Gasteiger partial charge in [0.1, 0.15) is 22.8 Å². The number of carbonyl (C=O) groups is 3. The van der Waals surface area contributed by atoms with Crippen molar-refractivity contribution in [2.45, 2.75) is 44.6 Å². The Morgan fingerprint density at radius 3 is 2.51 bits per heavy atom. The summed E-state index contributed by atoms with van der Waals surface area (Å²) in [4.78, 5) is 40.3. The van der Waals surface area contributed by atoms with Gasteiger partial charge < -0.3 is 31.1 Å². The molecule has 0 fully saturated rings. The van der Waals surface area contributed by atoms with Crippen molar-refractivity contribution in [3.05, 3.63) is 45.4 Å². The molecule has 0 bridgehead atoms. The van der Waals surface area contributed by atoms with Crippen LogP contribution in [-0.2, 0) is 16.0 Å². The number of Topliss-reactive ketones (excluding diaryl/α,β-unsaturated/α-hetero) is 2. The van der Waals surface area contributed by atoms with Crippen molar-refractivity contribution in [2.24, 2.45) is 17.6 Å². The predicted octanol–water partition coefficient (Wildman–Crippen LogP) is 1.80. The predicted molar refractivity (Wildman–Crippen MR) is 127 cm³/mol. The molecule has 0 aromatic heterocycles. The summed E-state index contributed by atoms with van der Waals surface area (Å²) in [5.41, 5.74) is 3.16. The standard InChI is InChI=1S/C26H28N2O7/c1-4-5-6-7-12-10-16(28(2)3)15-9-13-8-14-11-17(29)20(25(27)34)24(33)26(14,35)23(32)18(13)22(31)19(15)21(12)30/h10,13-14,29-30,32,35H,4-5,8-9,11H2,1-3H3,(H2,27,34)/t13-,14+,26+/m1/s1. The number of fused-ring (bicyclic) bond motifs is 3. The number of phenols is 1. The van der Waals surface area contributed by atoms with Gasteiger partial charge in [0.15, 0.2) is 11.4 Å². The number of aliphatic hydroxyl groups is 3. The van der Waals surface area contributed by atoms with Crippen LogP contribution >= 0.6 is 0 Å². The molecule has 0 spiro atoms. The van der Waals surface area contributed by atoms with Gasteiger partial charge in [-0.2, -0.15) is 0 Å². The van der Waals surface area contributed by atoms with E-state index in [1.54, 1.807) is 20.2 Å². The minimum Gasteiger partial charge on any atom is -0.511 e. The Labute approximate surface area is 202 Å². The Hall–Kier alpha value is -3.77. The van der Waals surface area contributed by atoms with Crippen molar-refractivity contribution in [3.63, 3.8) is 0 Å². The number of rotatable bonds is 3. The fourth-order valence-electron chi connectivity index (χ4n) is 5.44. The molecule has 0 heterocycles. The van der Waals surface area contributed by atoms with Crippen molar-refractivity contribution in [3.8, 4) is 17.6 Å². The lowest BCUT2D eigenvalue weighted by molar-refractivity contribution is -0.144. The summed E-state index contributed by atoms with van der Waals surface area (Å²) >= 11 is 0. The Balaban J connectivity index is 1.93. The largest absolute Gasteiger partial charge is 0.511 e. The van der Waals surface area contributed by atoms with Gasteiger partial charge in [-0.1, -0.05) is 18.8 Å². The van der Waals surface area contributed by atoms with Crippen molar-refractivity contribution in [1.82, 2.24) is 0 Å². The highest BCUT2D eigenvalue weighted by Crippen LogP contribution is 2.52. The van der Waals surface area contributed by atoms with Crippen LogP contribution in [0.1, 0.15) is 54.1 Å². The fourth-order valence-corrected chi connectivity index (χ4v) is 5.44. The Kier molecular flexibility index (Phi) is 5.89. The van der Waals surface area contributed by atoms with Crippen molar-refractivity contribution < 1.29 is 34.8 Å². The van der Waals surface area contributed by atoms with Crippen LogP contribution in [0.25, 0.3) is 0 Å². The van der Waals surface area contributed by atoms with Gasteiger partial charge in [0.25, 0.3) is 5.91 Å². The maximum atomic E-state index is 13.7. The number of ketones is 2. The monoisotopic (exact) mass is 480 g/mol. The second kappa shape index (κ2) is 8.47. The third-order valence-corrected chi connectivity index (χ3v) is 7.12. The fraction of sp³-hybridized carbons (Fsp3) is 0.423. The summed E-state index contributed by atoms with van der Waals surface area (Å²) in [5.74, 6) is -0.598. The van der Waals surface area contributed by atoms with Crippen LogP contribution in [0.4, 0.5) is 5.69 Å². The van der Waals surface area contributed by atoms with Gasteiger partial charge >= 0.3 is 0 Å².